The Balaban J connectivity index is 2.30. The quantitative estimate of drug-likeness (QED) is 0.684. The average Bonchev–Trinajstić information content (AvgIpc) is 2.42. The number of rotatable bonds is 4. The van der Waals surface area contributed by atoms with Gasteiger partial charge in [-0.05, 0) is 69.2 Å². The second kappa shape index (κ2) is 6.00. The number of anilines is 1. The summed E-state index contributed by atoms with van der Waals surface area (Å²) in [5.74, 6) is 0.747. The molecule has 0 aliphatic heterocycles. The van der Waals surface area contributed by atoms with Gasteiger partial charge in [0, 0.05) is 16.8 Å². The first kappa shape index (κ1) is 15.1. The van der Waals surface area contributed by atoms with Crippen LogP contribution in [0.5, 0.6) is 5.75 Å². The van der Waals surface area contributed by atoms with E-state index in [0.29, 0.717) is 16.8 Å². The van der Waals surface area contributed by atoms with Crippen molar-refractivity contribution in [2.75, 3.05) is 5.73 Å². The van der Waals surface area contributed by atoms with E-state index in [1.54, 1.807) is 18.2 Å². The lowest BCUT2D eigenvalue weighted by Crippen LogP contribution is -2.07. The van der Waals surface area contributed by atoms with Gasteiger partial charge in [-0.3, -0.25) is 4.79 Å². The number of ketones is 1. The number of aryl methyl sites for hydroxylation is 2. The predicted octanol–water partition coefficient (Wildman–Crippen LogP) is 3.90. The van der Waals surface area contributed by atoms with Crippen LogP contribution in [0.3, 0.4) is 0 Å². The lowest BCUT2D eigenvalue weighted by atomic mass is 9.96. The smallest absolute Gasteiger partial charge is 0.193 e. The molecule has 2 aromatic rings. The molecule has 2 aromatic carbocycles. The highest BCUT2D eigenvalue weighted by molar-refractivity contribution is 6.10. The number of carbonyl (C=O) groups excluding carboxylic acids is 1. The van der Waals surface area contributed by atoms with Crippen molar-refractivity contribution in [1.82, 2.24) is 0 Å². The highest BCUT2D eigenvalue weighted by atomic mass is 16.5. The van der Waals surface area contributed by atoms with Crippen LogP contribution in [0, 0.1) is 13.8 Å². The lowest BCUT2D eigenvalue weighted by Gasteiger charge is -2.11. The Bertz CT molecular complexity index is 658. The standard InChI is InChI=1S/C18H21NO2/c1-11(2)21-15-7-5-14(6-8-15)18(20)16-10-17(19)13(4)9-12(16)3/h5-11H,19H2,1-4H3. The molecule has 0 heterocycles. The molecule has 0 radical (unpaired) electrons. The van der Waals surface area contributed by atoms with E-state index in [-0.39, 0.29) is 11.9 Å². The summed E-state index contributed by atoms with van der Waals surface area (Å²) < 4.78 is 5.58. The molecule has 0 aliphatic carbocycles. The molecule has 0 bridgehead atoms. The van der Waals surface area contributed by atoms with Gasteiger partial charge in [-0.1, -0.05) is 6.07 Å². The van der Waals surface area contributed by atoms with Crippen LogP contribution in [-0.2, 0) is 0 Å². The molecule has 0 aromatic heterocycles. The van der Waals surface area contributed by atoms with E-state index in [0.717, 1.165) is 16.9 Å². The van der Waals surface area contributed by atoms with Gasteiger partial charge in [0.05, 0.1) is 6.10 Å². The molecule has 0 saturated heterocycles. The number of benzene rings is 2. The minimum atomic E-state index is -0.0182. The maximum absolute atomic E-state index is 12.6. The Labute approximate surface area is 125 Å². The van der Waals surface area contributed by atoms with Gasteiger partial charge in [0.25, 0.3) is 0 Å². The van der Waals surface area contributed by atoms with Crippen molar-refractivity contribution in [2.45, 2.75) is 33.8 Å². The van der Waals surface area contributed by atoms with Crippen molar-refractivity contribution >= 4 is 11.5 Å². The summed E-state index contributed by atoms with van der Waals surface area (Å²) in [5, 5.41) is 0. The fourth-order valence-corrected chi connectivity index (χ4v) is 2.23. The second-order valence-corrected chi connectivity index (χ2v) is 5.54. The molecule has 0 spiro atoms. The van der Waals surface area contributed by atoms with E-state index in [4.69, 9.17) is 10.5 Å². The fourth-order valence-electron chi connectivity index (χ4n) is 2.23. The van der Waals surface area contributed by atoms with E-state index in [9.17, 15) is 4.79 Å². The van der Waals surface area contributed by atoms with Gasteiger partial charge < -0.3 is 10.5 Å². The van der Waals surface area contributed by atoms with Crippen molar-refractivity contribution in [1.29, 1.82) is 0 Å². The van der Waals surface area contributed by atoms with E-state index in [2.05, 4.69) is 0 Å². The Morgan fingerprint density at radius 1 is 1.05 bits per heavy atom. The molecule has 0 fully saturated rings. The molecule has 0 amide bonds. The Hall–Kier alpha value is -2.29. The SMILES string of the molecule is Cc1cc(C)c(C(=O)c2ccc(OC(C)C)cc2)cc1N. The van der Waals surface area contributed by atoms with Crippen molar-refractivity contribution in [2.24, 2.45) is 0 Å². The summed E-state index contributed by atoms with van der Waals surface area (Å²) in [6.07, 6.45) is 0.116. The fraction of sp³-hybridized carbons (Fsp3) is 0.278. The molecule has 3 heteroatoms. The van der Waals surface area contributed by atoms with Gasteiger partial charge in [0.2, 0.25) is 0 Å². The average molecular weight is 283 g/mol. The molecule has 110 valence electrons. The first-order chi connectivity index (χ1) is 9.88. The van der Waals surface area contributed by atoms with Crippen LogP contribution < -0.4 is 10.5 Å². The van der Waals surface area contributed by atoms with Crippen molar-refractivity contribution < 1.29 is 9.53 Å². The van der Waals surface area contributed by atoms with Crippen LogP contribution in [-0.4, -0.2) is 11.9 Å². The normalized spacial score (nSPS) is 10.7. The minimum absolute atomic E-state index is 0.0182. The predicted molar refractivity (Wildman–Crippen MR) is 86.0 cm³/mol. The second-order valence-electron chi connectivity index (χ2n) is 5.54. The number of nitrogen functional groups attached to an aromatic ring is 1. The van der Waals surface area contributed by atoms with Crippen LogP contribution in [0.1, 0.15) is 40.9 Å². The molecule has 0 saturated carbocycles. The summed E-state index contributed by atoms with van der Waals surface area (Å²) in [6.45, 7) is 7.81. The lowest BCUT2D eigenvalue weighted by molar-refractivity contribution is 0.103. The van der Waals surface area contributed by atoms with Crippen LogP contribution in [0.25, 0.3) is 0 Å². The van der Waals surface area contributed by atoms with Crippen LogP contribution in [0.4, 0.5) is 5.69 Å². The monoisotopic (exact) mass is 283 g/mol. The first-order valence-corrected chi connectivity index (χ1v) is 7.06. The van der Waals surface area contributed by atoms with Crippen molar-refractivity contribution in [3.05, 3.63) is 58.7 Å². The van der Waals surface area contributed by atoms with E-state index in [1.165, 1.54) is 0 Å². The van der Waals surface area contributed by atoms with Crippen LogP contribution in [0.15, 0.2) is 36.4 Å². The molecule has 2 rings (SSSR count). The third-order valence-corrected chi connectivity index (χ3v) is 3.35. The number of ether oxygens (including phenoxy) is 1. The van der Waals surface area contributed by atoms with Gasteiger partial charge >= 0.3 is 0 Å². The topological polar surface area (TPSA) is 52.3 Å². The molecule has 0 atom stereocenters. The molecule has 0 aliphatic rings. The molecular weight excluding hydrogens is 262 g/mol. The number of hydrogen-bond donors (Lipinski definition) is 1. The summed E-state index contributed by atoms with van der Waals surface area (Å²) in [6, 6.07) is 10.9. The molecule has 21 heavy (non-hydrogen) atoms. The largest absolute Gasteiger partial charge is 0.491 e. The zero-order valence-electron chi connectivity index (χ0n) is 12.9. The highest BCUT2D eigenvalue weighted by Crippen LogP contribution is 2.22. The van der Waals surface area contributed by atoms with E-state index < -0.39 is 0 Å². The number of nitrogens with two attached hydrogens (primary N) is 1. The maximum Gasteiger partial charge on any atom is 0.193 e. The zero-order chi connectivity index (χ0) is 15.6. The third kappa shape index (κ3) is 3.43. The van der Waals surface area contributed by atoms with Gasteiger partial charge in [-0.15, -0.1) is 0 Å². The minimum Gasteiger partial charge on any atom is -0.491 e. The Kier molecular flexibility index (Phi) is 4.32. The number of hydrogen-bond acceptors (Lipinski definition) is 3. The molecule has 0 unspecified atom stereocenters. The molecular formula is C18H21NO2. The number of carbonyl (C=O) groups is 1. The van der Waals surface area contributed by atoms with E-state index >= 15 is 0 Å². The van der Waals surface area contributed by atoms with Gasteiger partial charge in [0.1, 0.15) is 5.75 Å². The van der Waals surface area contributed by atoms with Gasteiger partial charge in [-0.2, -0.15) is 0 Å². The molecule has 3 nitrogen and oxygen atoms in total. The highest BCUT2D eigenvalue weighted by Gasteiger charge is 2.13. The summed E-state index contributed by atoms with van der Waals surface area (Å²) in [7, 11) is 0. The third-order valence-electron chi connectivity index (χ3n) is 3.35. The van der Waals surface area contributed by atoms with Crippen molar-refractivity contribution in [3.8, 4) is 5.75 Å². The van der Waals surface area contributed by atoms with Gasteiger partial charge in [0.15, 0.2) is 5.78 Å². The van der Waals surface area contributed by atoms with Crippen LogP contribution in [0.2, 0.25) is 0 Å². The summed E-state index contributed by atoms with van der Waals surface area (Å²) in [5.41, 5.74) is 9.77. The van der Waals surface area contributed by atoms with Crippen LogP contribution >= 0.6 is 0 Å². The summed E-state index contributed by atoms with van der Waals surface area (Å²) >= 11 is 0. The zero-order valence-corrected chi connectivity index (χ0v) is 12.9. The first-order valence-electron chi connectivity index (χ1n) is 7.06. The Morgan fingerprint density at radius 3 is 2.24 bits per heavy atom. The van der Waals surface area contributed by atoms with E-state index in [1.807, 2.05) is 45.9 Å². The van der Waals surface area contributed by atoms with Gasteiger partial charge in [-0.25, -0.2) is 0 Å². The maximum atomic E-state index is 12.6. The summed E-state index contributed by atoms with van der Waals surface area (Å²) in [4.78, 5) is 12.6. The Morgan fingerprint density at radius 2 is 1.67 bits per heavy atom. The van der Waals surface area contributed by atoms with Crippen molar-refractivity contribution in [3.63, 3.8) is 0 Å². The molecule has 2 N–H and O–H groups in total.